The quantitative estimate of drug-likeness (QED) is 0.802. The Morgan fingerprint density at radius 3 is 2.40 bits per heavy atom. The van der Waals surface area contributed by atoms with E-state index in [1.54, 1.807) is 0 Å². The Balaban J connectivity index is 1.95. The molecule has 2 N–H and O–H groups in total. The van der Waals surface area contributed by atoms with Crippen molar-refractivity contribution >= 4 is 16.2 Å². The van der Waals surface area contributed by atoms with E-state index < -0.39 is 22.2 Å². The maximum atomic E-state index is 12.3. The monoisotopic (exact) mass is 304 g/mol. The van der Waals surface area contributed by atoms with Gasteiger partial charge in [-0.2, -0.15) is 12.7 Å². The minimum absolute atomic E-state index is 0.303. The molecule has 1 aliphatic heterocycles. The molecule has 1 saturated carbocycles. The maximum Gasteiger partial charge on any atom is 0.322 e. The molecule has 2 aliphatic rings. The lowest BCUT2D eigenvalue weighted by Crippen LogP contribution is -2.52. The van der Waals surface area contributed by atoms with Gasteiger partial charge in [0.25, 0.3) is 10.2 Å². The van der Waals surface area contributed by atoms with Gasteiger partial charge < -0.3 is 5.11 Å². The van der Waals surface area contributed by atoms with E-state index in [9.17, 15) is 13.2 Å². The van der Waals surface area contributed by atoms with Gasteiger partial charge in [-0.1, -0.05) is 19.3 Å². The minimum Gasteiger partial charge on any atom is -0.480 e. The Bertz CT molecular complexity index is 432. The molecule has 116 valence electrons. The van der Waals surface area contributed by atoms with Crippen molar-refractivity contribution < 1.29 is 18.3 Å². The standard InChI is InChI=1S/C13H24N2O4S/c16-13(17)12-8-4-5-9-15(12)20(18,19)14-10-11-6-2-1-3-7-11/h11-12,14H,1-10H2,(H,16,17). The summed E-state index contributed by atoms with van der Waals surface area (Å²) in [6, 6.07) is -0.910. The summed E-state index contributed by atoms with van der Waals surface area (Å²) in [5.41, 5.74) is 0. The average molecular weight is 304 g/mol. The Labute approximate surface area is 120 Å². The van der Waals surface area contributed by atoms with Gasteiger partial charge in [-0.25, -0.2) is 4.72 Å². The summed E-state index contributed by atoms with van der Waals surface area (Å²) >= 11 is 0. The first-order valence-corrected chi connectivity index (χ1v) is 8.94. The molecule has 1 atom stereocenters. The minimum atomic E-state index is -3.67. The highest BCUT2D eigenvalue weighted by Gasteiger charge is 2.36. The Kier molecular flexibility index (Phi) is 5.40. The highest BCUT2D eigenvalue weighted by molar-refractivity contribution is 7.87. The number of aliphatic carboxylic acids is 1. The van der Waals surface area contributed by atoms with Crippen molar-refractivity contribution in [1.29, 1.82) is 0 Å². The van der Waals surface area contributed by atoms with Crippen LogP contribution in [0.25, 0.3) is 0 Å². The predicted molar refractivity (Wildman–Crippen MR) is 75.5 cm³/mol. The molecule has 0 aromatic carbocycles. The molecule has 0 bridgehead atoms. The molecule has 2 fully saturated rings. The smallest absolute Gasteiger partial charge is 0.322 e. The zero-order valence-corrected chi connectivity index (χ0v) is 12.6. The molecule has 0 aromatic heterocycles. The molecule has 1 aliphatic carbocycles. The van der Waals surface area contributed by atoms with Gasteiger partial charge in [0.2, 0.25) is 0 Å². The summed E-state index contributed by atoms with van der Waals surface area (Å²) in [6.45, 7) is 0.738. The summed E-state index contributed by atoms with van der Waals surface area (Å²) in [5.74, 6) is -0.653. The van der Waals surface area contributed by atoms with Gasteiger partial charge in [0.1, 0.15) is 6.04 Å². The Hall–Kier alpha value is -0.660. The molecule has 1 saturated heterocycles. The first-order chi connectivity index (χ1) is 9.50. The summed E-state index contributed by atoms with van der Waals surface area (Å²) in [7, 11) is -3.67. The van der Waals surface area contributed by atoms with E-state index in [2.05, 4.69) is 4.72 Å². The molecule has 0 spiro atoms. The maximum absolute atomic E-state index is 12.3. The third-order valence-electron chi connectivity index (χ3n) is 4.33. The second-order valence-corrected chi connectivity index (χ2v) is 7.53. The summed E-state index contributed by atoms with van der Waals surface area (Å²) in [5, 5.41) is 9.16. The van der Waals surface area contributed by atoms with E-state index in [1.807, 2.05) is 0 Å². The number of carboxylic acids is 1. The van der Waals surface area contributed by atoms with E-state index in [0.29, 0.717) is 25.4 Å². The van der Waals surface area contributed by atoms with Gasteiger partial charge in [-0.05, 0) is 38.0 Å². The van der Waals surface area contributed by atoms with Crippen LogP contribution < -0.4 is 4.72 Å². The molecule has 0 radical (unpaired) electrons. The molecular formula is C13H24N2O4S. The van der Waals surface area contributed by atoms with Crippen LogP contribution in [0.3, 0.4) is 0 Å². The van der Waals surface area contributed by atoms with Crippen molar-refractivity contribution in [3.8, 4) is 0 Å². The molecule has 2 rings (SSSR count). The van der Waals surface area contributed by atoms with Gasteiger partial charge in [-0.3, -0.25) is 4.79 Å². The van der Waals surface area contributed by atoms with Crippen LogP contribution in [-0.4, -0.2) is 42.9 Å². The van der Waals surface area contributed by atoms with Crippen molar-refractivity contribution in [1.82, 2.24) is 9.03 Å². The molecule has 0 amide bonds. The highest BCUT2D eigenvalue weighted by Crippen LogP contribution is 2.24. The lowest BCUT2D eigenvalue weighted by molar-refractivity contribution is -0.142. The van der Waals surface area contributed by atoms with Crippen molar-refractivity contribution in [2.45, 2.75) is 57.4 Å². The third kappa shape index (κ3) is 3.93. The average Bonchev–Trinajstić information content (AvgIpc) is 2.46. The van der Waals surface area contributed by atoms with Crippen LogP contribution >= 0.6 is 0 Å². The third-order valence-corrected chi connectivity index (χ3v) is 5.91. The first-order valence-electron chi connectivity index (χ1n) is 7.50. The fourth-order valence-electron chi connectivity index (χ4n) is 3.14. The number of hydrogen-bond donors (Lipinski definition) is 2. The van der Waals surface area contributed by atoms with E-state index in [4.69, 9.17) is 5.11 Å². The second-order valence-electron chi connectivity index (χ2n) is 5.82. The van der Waals surface area contributed by atoms with Crippen LogP contribution in [0.4, 0.5) is 0 Å². The van der Waals surface area contributed by atoms with Gasteiger partial charge in [0.05, 0.1) is 0 Å². The van der Waals surface area contributed by atoms with Crippen molar-refractivity contribution in [2.75, 3.05) is 13.1 Å². The SMILES string of the molecule is O=C(O)C1CCCCN1S(=O)(=O)NCC1CCCCC1. The number of nitrogens with zero attached hydrogens (tertiary/aromatic N) is 1. The topological polar surface area (TPSA) is 86.7 Å². The summed E-state index contributed by atoms with van der Waals surface area (Å²) in [6.07, 6.45) is 7.58. The van der Waals surface area contributed by atoms with Crippen LogP contribution in [0.5, 0.6) is 0 Å². The highest BCUT2D eigenvalue weighted by atomic mass is 32.2. The van der Waals surface area contributed by atoms with Crippen LogP contribution in [0.2, 0.25) is 0 Å². The van der Waals surface area contributed by atoms with Crippen LogP contribution in [0.15, 0.2) is 0 Å². The van der Waals surface area contributed by atoms with E-state index >= 15 is 0 Å². The molecule has 7 heteroatoms. The lowest BCUT2D eigenvalue weighted by Gasteiger charge is -2.32. The van der Waals surface area contributed by atoms with Crippen molar-refractivity contribution in [3.05, 3.63) is 0 Å². The van der Waals surface area contributed by atoms with E-state index in [-0.39, 0.29) is 0 Å². The molecule has 1 unspecified atom stereocenters. The fourth-order valence-corrected chi connectivity index (χ4v) is 4.65. The molecular weight excluding hydrogens is 280 g/mol. The Morgan fingerprint density at radius 1 is 1.10 bits per heavy atom. The van der Waals surface area contributed by atoms with Crippen LogP contribution in [0.1, 0.15) is 51.4 Å². The summed E-state index contributed by atoms with van der Waals surface area (Å²) in [4.78, 5) is 11.2. The summed E-state index contributed by atoms with van der Waals surface area (Å²) < 4.78 is 28.3. The number of hydrogen-bond acceptors (Lipinski definition) is 3. The normalized spacial score (nSPS) is 26.5. The molecule has 0 aromatic rings. The van der Waals surface area contributed by atoms with E-state index in [0.717, 1.165) is 42.8 Å². The number of rotatable bonds is 5. The second kappa shape index (κ2) is 6.87. The number of nitrogens with one attached hydrogen (secondary N) is 1. The lowest BCUT2D eigenvalue weighted by atomic mass is 9.90. The zero-order valence-electron chi connectivity index (χ0n) is 11.8. The Morgan fingerprint density at radius 2 is 1.75 bits per heavy atom. The van der Waals surface area contributed by atoms with Gasteiger partial charge in [0, 0.05) is 13.1 Å². The van der Waals surface area contributed by atoms with Gasteiger partial charge >= 0.3 is 5.97 Å². The van der Waals surface area contributed by atoms with Gasteiger partial charge in [0.15, 0.2) is 0 Å². The molecule has 20 heavy (non-hydrogen) atoms. The number of piperidine rings is 1. The van der Waals surface area contributed by atoms with Crippen LogP contribution in [0, 0.1) is 5.92 Å². The first kappa shape index (κ1) is 15.7. The van der Waals surface area contributed by atoms with Crippen molar-refractivity contribution in [3.63, 3.8) is 0 Å². The predicted octanol–water partition coefficient (Wildman–Crippen LogP) is 1.34. The zero-order chi connectivity index (χ0) is 14.6. The number of carboxylic acid groups (broad SMARTS) is 1. The number of carbonyl (C=O) groups is 1. The molecule has 6 nitrogen and oxygen atoms in total. The fraction of sp³-hybridized carbons (Fsp3) is 0.923. The van der Waals surface area contributed by atoms with Crippen molar-refractivity contribution in [2.24, 2.45) is 5.92 Å². The van der Waals surface area contributed by atoms with E-state index in [1.165, 1.54) is 6.42 Å². The van der Waals surface area contributed by atoms with Gasteiger partial charge in [-0.15, -0.1) is 0 Å². The largest absolute Gasteiger partial charge is 0.480 e. The molecule has 1 heterocycles. The van der Waals surface area contributed by atoms with Crippen LogP contribution in [-0.2, 0) is 15.0 Å².